The van der Waals surface area contributed by atoms with E-state index in [1.807, 2.05) is 151 Å². The van der Waals surface area contributed by atoms with Gasteiger partial charge in [-0.1, -0.05) is 111 Å². The molecule has 22 nitrogen and oxygen atoms in total. The number of benzene rings is 4. The van der Waals surface area contributed by atoms with Crippen molar-refractivity contribution < 1.29 is 68.4 Å². The number of hydrogen-bond donors (Lipinski definition) is 9. The van der Waals surface area contributed by atoms with E-state index in [1.54, 1.807) is 24.0 Å². The molecule has 14 rings (SSSR count). The zero-order chi connectivity index (χ0) is 74.5. The molecular formula is C80H124BIN8O14. The van der Waals surface area contributed by atoms with E-state index in [9.17, 15) is 39.6 Å². The molecule has 6 saturated carbocycles. The summed E-state index contributed by atoms with van der Waals surface area (Å²) in [5, 5.41) is 65.4. The second-order valence-electron chi connectivity index (χ2n) is 32.6. The number of hydroxylamine groups is 4. The Morgan fingerprint density at radius 1 is 0.606 bits per heavy atom. The van der Waals surface area contributed by atoms with Gasteiger partial charge in [-0.15, -0.1) is 0 Å². The minimum atomic E-state index is -0.836. The lowest BCUT2D eigenvalue weighted by molar-refractivity contribution is -0.183. The van der Waals surface area contributed by atoms with Crippen molar-refractivity contribution in [3.05, 3.63) is 112 Å². The normalized spacial score (nSPS) is 30.0. The van der Waals surface area contributed by atoms with E-state index in [-0.39, 0.29) is 82.1 Å². The second-order valence-corrected chi connectivity index (χ2v) is 33.9. The molecular weight excluding hydrogens is 1430 g/mol. The van der Waals surface area contributed by atoms with Crippen LogP contribution in [0.5, 0.6) is 0 Å². The quantitative estimate of drug-likeness (QED) is 0.0294. The van der Waals surface area contributed by atoms with Gasteiger partial charge in [-0.3, -0.25) is 28.9 Å². The zero-order valence-corrected chi connectivity index (χ0v) is 65.1. The van der Waals surface area contributed by atoms with Gasteiger partial charge in [0, 0.05) is 51.9 Å². The van der Waals surface area contributed by atoms with E-state index in [4.69, 9.17) is 28.8 Å². The molecule has 24 heteroatoms. The van der Waals surface area contributed by atoms with E-state index in [0.717, 1.165) is 75.0 Å². The Hall–Kier alpha value is -5.01. The fourth-order valence-electron chi connectivity index (χ4n) is 16.8. The lowest BCUT2D eigenvalue weighted by Crippen LogP contribution is -2.62. The van der Waals surface area contributed by atoms with Crippen LogP contribution >= 0.6 is 22.6 Å². The summed E-state index contributed by atoms with van der Waals surface area (Å²) in [4.78, 5) is 67.1. The molecule has 17 atom stereocenters. The van der Waals surface area contributed by atoms with Crippen LogP contribution in [0.4, 0.5) is 11.4 Å². The minimum absolute atomic E-state index is 0. The second kappa shape index (κ2) is 36.5. The smallest absolute Gasteiger partial charge is 0.399 e. The zero-order valence-electron chi connectivity index (χ0n) is 62.9. The number of ether oxygens (including phenoxy) is 1. The predicted octanol–water partition coefficient (Wildman–Crippen LogP) is 9.34. The standard InChI is InChI=1S/C34H48N4O5.C24H35IN2O4.C16H25BN2O3.C4H8O2.2CH4/c1-20-27-15-25(34(27,3)4)16-28(20)36-33(42)32-31(21(2)40)29(19-39)43-38(32)17-22-8-7-9-24(14-22)23-10-12-26(13-11-23)35-30(41)18-37(5)6;1-13-18-9-16(24(18,3)4)10-19(13)26-23(30)22-21(14(2)29)20(12-28)31-27(22)11-15-6-5-7-17(25)8-15;1-15(2)16(3,4)22-17(21-15)12-7-9-13(10-8-12)18-14(20)11-19(5)6;5-4-2-1-3-6-4;;/h7-14,20-21,25,27-29,31-32,39-40H,15-19H2,1-6H3,(H,35,41)(H,36,42);5-8,13-14,16,18-22,28-29H,9-12H2,1-4H3,(H,26,30);7-10H,11H2,1-6H3,(H,18,20);4-5H,1-3H2;2*1H4/t20-,21-,25-,27+,28?,29-,31+,32-;13-,14-,16-,18+,19?,20-,21+,22-;;;;/m00..../s1. The summed E-state index contributed by atoms with van der Waals surface area (Å²) in [6.07, 6.45) is 2.95. The molecule has 4 saturated heterocycles. The van der Waals surface area contributed by atoms with Gasteiger partial charge in [-0.2, -0.15) is 10.1 Å². The highest BCUT2D eigenvalue weighted by Gasteiger charge is 2.60. The fraction of sp³-hybridized carbons (Fsp3) is 0.650. The summed E-state index contributed by atoms with van der Waals surface area (Å²) in [7, 11) is 7.05. The summed E-state index contributed by atoms with van der Waals surface area (Å²) < 4.78 is 17.8. The summed E-state index contributed by atoms with van der Waals surface area (Å²) >= 11 is 2.27. The van der Waals surface area contributed by atoms with Crippen molar-refractivity contribution in [3.8, 4) is 11.1 Å². The molecule has 4 amide bonds. The average Bonchev–Trinajstić information content (AvgIpc) is 1.01. The Kier molecular flexibility index (Phi) is 30.2. The monoisotopic (exact) mass is 1560 g/mol. The fourth-order valence-corrected chi connectivity index (χ4v) is 17.4. The summed E-state index contributed by atoms with van der Waals surface area (Å²) in [6.45, 7) is 27.0. The number of aliphatic hydroxyl groups is 5. The van der Waals surface area contributed by atoms with Crippen molar-refractivity contribution >= 4 is 70.2 Å². The first kappa shape index (κ1) is 86.2. The summed E-state index contributed by atoms with van der Waals surface area (Å²) in [5.74, 6) is 1.88. The van der Waals surface area contributed by atoms with Crippen LogP contribution in [0.15, 0.2) is 97.1 Å². The molecule has 0 radical (unpaired) electrons. The predicted molar refractivity (Wildman–Crippen MR) is 417 cm³/mol. The molecule has 4 bridgehead atoms. The maximum atomic E-state index is 13.9. The molecule has 0 spiro atoms. The van der Waals surface area contributed by atoms with Gasteiger partial charge in [0.1, 0.15) is 24.3 Å². The molecule has 9 N–H and O–H groups in total. The van der Waals surface area contributed by atoms with E-state index in [0.29, 0.717) is 72.5 Å². The maximum absolute atomic E-state index is 13.9. The van der Waals surface area contributed by atoms with Crippen molar-refractivity contribution in [2.24, 2.45) is 58.2 Å². The highest BCUT2D eigenvalue weighted by atomic mass is 127. The Labute approximate surface area is 634 Å². The Morgan fingerprint density at radius 3 is 1.38 bits per heavy atom. The first-order chi connectivity index (χ1) is 48.0. The maximum Gasteiger partial charge on any atom is 0.494 e. The SMILES string of the molecule is C.C.CN(C)CC(=O)Nc1ccc(B2OC(C)(C)C(C)(C)O2)cc1.C[C@H](O)[C@@H]1[C@H](CO)ON(Cc2cccc(-c3ccc(NC(=O)CN(C)C)cc3)c2)[C@@H]1C(=O)NC1C[C@@H]2C[C@H]([C@@H]1C)C2(C)C.C[C@H](O)[C@@H]1[C@H](CO)ON(Cc2cccc(I)c2)[C@@H]1C(=O)NC1C[C@@H]2C[C@H]([C@@H]1C)C2(C)C.OC1CCCO1. The minimum Gasteiger partial charge on any atom is -0.399 e. The van der Waals surface area contributed by atoms with Crippen molar-refractivity contribution in [2.45, 2.75) is 216 Å². The molecule has 10 aliphatic rings. The number of rotatable bonds is 20. The van der Waals surface area contributed by atoms with Crippen molar-refractivity contribution in [1.29, 1.82) is 0 Å². The number of nitrogens with one attached hydrogen (secondary N) is 4. The number of halogens is 1. The van der Waals surface area contributed by atoms with E-state index in [1.165, 1.54) is 12.8 Å². The van der Waals surface area contributed by atoms with Crippen LogP contribution < -0.4 is 26.7 Å². The summed E-state index contributed by atoms with van der Waals surface area (Å²) in [6, 6.07) is 30.2. The molecule has 4 aromatic rings. The van der Waals surface area contributed by atoms with Gasteiger partial charge < -0.3 is 70.6 Å². The topological polar surface area (TPSA) is 277 Å². The molecule has 0 aromatic heterocycles. The average molecular weight is 1560 g/mol. The van der Waals surface area contributed by atoms with Gasteiger partial charge in [-0.05, 0) is 241 Å². The van der Waals surface area contributed by atoms with Gasteiger partial charge in [0.2, 0.25) is 23.6 Å². The molecule has 10 fully saturated rings. The third-order valence-electron chi connectivity index (χ3n) is 23.7. The van der Waals surface area contributed by atoms with E-state index in [2.05, 4.69) is 97.5 Å². The van der Waals surface area contributed by atoms with Crippen molar-refractivity contribution in [2.75, 3.05) is 71.7 Å². The Morgan fingerprint density at radius 2 is 1.03 bits per heavy atom. The van der Waals surface area contributed by atoms with Gasteiger partial charge in [-0.25, -0.2) is 0 Å². The molecule has 4 aromatic carbocycles. The van der Waals surface area contributed by atoms with Gasteiger partial charge in [0.05, 0.1) is 62.8 Å². The molecule has 4 heterocycles. The van der Waals surface area contributed by atoms with Crippen LogP contribution in [0, 0.1) is 61.7 Å². The summed E-state index contributed by atoms with van der Waals surface area (Å²) in [5.41, 5.74) is 6.38. The molecule has 104 heavy (non-hydrogen) atoms. The van der Waals surface area contributed by atoms with Crippen LogP contribution in [0.3, 0.4) is 0 Å². The highest BCUT2D eigenvalue weighted by Crippen LogP contribution is 2.62. The van der Waals surface area contributed by atoms with Crippen LogP contribution in [0.1, 0.15) is 148 Å². The largest absolute Gasteiger partial charge is 0.494 e. The van der Waals surface area contributed by atoms with E-state index >= 15 is 0 Å². The van der Waals surface area contributed by atoms with Crippen LogP contribution in [0.25, 0.3) is 11.1 Å². The number of anilines is 2. The number of carbonyl (C=O) groups is 4. The van der Waals surface area contributed by atoms with Crippen molar-refractivity contribution in [3.63, 3.8) is 0 Å². The number of amides is 4. The number of aliphatic hydroxyl groups excluding tert-OH is 5. The van der Waals surface area contributed by atoms with Gasteiger partial charge in [0.15, 0.2) is 6.29 Å². The molecule has 6 aliphatic carbocycles. The number of nitrogens with zero attached hydrogens (tertiary/aromatic N) is 4. The van der Waals surface area contributed by atoms with Gasteiger partial charge >= 0.3 is 7.12 Å². The lowest BCUT2D eigenvalue weighted by Gasteiger charge is -2.62. The lowest BCUT2D eigenvalue weighted by atomic mass is 9.45. The third-order valence-corrected chi connectivity index (χ3v) is 24.3. The first-order valence-electron chi connectivity index (χ1n) is 36.7. The van der Waals surface area contributed by atoms with Crippen LogP contribution in [-0.4, -0.2) is 203 Å². The van der Waals surface area contributed by atoms with Gasteiger partial charge in [0.25, 0.3) is 0 Å². The Bertz CT molecular complexity index is 3430. The number of carbonyl (C=O) groups excluding carboxylic acids is 4. The van der Waals surface area contributed by atoms with Crippen molar-refractivity contribution in [1.82, 2.24) is 30.6 Å². The van der Waals surface area contributed by atoms with E-state index < -0.39 is 54.6 Å². The first-order valence-corrected chi connectivity index (χ1v) is 37.7. The van der Waals surface area contributed by atoms with Crippen LogP contribution in [-0.2, 0) is 56.0 Å². The highest BCUT2D eigenvalue weighted by molar-refractivity contribution is 14.1. The third kappa shape index (κ3) is 20.5. The number of hydrogen-bond acceptors (Lipinski definition) is 18. The number of fused-ring (bicyclic) bond motifs is 4. The molecule has 4 aliphatic heterocycles. The molecule has 578 valence electrons. The van der Waals surface area contributed by atoms with Crippen LogP contribution in [0.2, 0.25) is 0 Å². The Balaban J connectivity index is 0.000000217. The number of likely N-dealkylation sites (N-methyl/N-ethyl adjacent to an activating group) is 2. The molecule has 3 unspecified atom stereocenters.